The van der Waals surface area contributed by atoms with E-state index in [1.165, 1.54) is 9.35 Å². The third-order valence-electron chi connectivity index (χ3n) is 3.31. The number of nitrogens with zero attached hydrogens (tertiary/aromatic N) is 2. The number of thiophene rings is 1. The van der Waals surface area contributed by atoms with E-state index in [-0.39, 0.29) is 6.04 Å². The molecule has 0 amide bonds. The molecule has 0 radical (unpaired) electrons. The Morgan fingerprint density at radius 3 is 2.67 bits per heavy atom. The van der Waals surface area contributed by atoms with Gasteiger partial charge < -0.3 is 5.32 Å². The molecule has 116 valence electrons. The highest BCUT2D eigenvalue weighted by molar-refractivity contribution is 9.12. The maximum Gasteiger partial charge on any atom is 0.0758 e. The van der Waals surface area contributed by atoms with E-state index < -0.39 is 0 Å². The topological polar surface area (TPSA) is 29.9 Å². The predicted molar refractivity (Wildman–Crippen MR) is 97.1 cm³/mol. The minimum atomic E-state index is 0.289. The van der Waals surface area contributed by atoms with Gasteiger partial charge in [-0.15, -0.1) is 11.3 Å². The highest BCUT2D eigenvalue weighted by Crippen LogP contribution is 2.36. The van der Waals surface area contributed by atoms with Gasteiger partial charge in [-0.25, -0.2) is 0 Å². The average molecular weight is 435 g/mol. The van der Waals surface area contributed by atoms with Crippen molar-refractivity contribution in [3.05, 3.63) is 37.2 Å². The monoisotopic (exact) mass is 433 g/mol. The van der Waals surface area contributed by atoms with E-state index in [1.54, 1.807) is 11.3 Å². The Balaban J connectivity index is 2.17. The van der Waals surface area contributed by atoms with Crippen LogP contribution in [0.3, 0.4) is 0 Å². The molecule has 0 saturated heterocycles. The first-order valence-corrected chi connectivity index (χ1v) is 9.63. The molecule has 2 aromatic rings. The number of rotatable bonds is 7. The minimum Gasteiger partial charge on any atom is -0.310 e. The van der Waals surface area contributed by atoms with Crippen molar-refractivity contribution < 1.29 is 0 Å². The third-order valence-corrected chi connectivity index (χ3v) is 5.69. The van der Waals surface area contributed by atoms with Crippen molar-refractivity contribution in [2.45, 2.75) is 45.7 Å². The van der Waals surface area contributed by atoms with Crippen LogP contribution in [0, 0.1) is 0 Å². The minimum absolute atomic E-state index is 0.289. The fourth-order valence-corrected chi connectivity index (χ4v) is 5.16. The second kappa shape index (κ2) is 7.90. The molecule has 0 bridgehead atoms. The predicted octanol–water partition coefficient (Wildman–Crippen LogP) is 5.33. The first-order valence-electron chi connectivity index (χ1n) is 7.23. The van der Waals surface area contributed by atoms with Crippen molar-refractivity contribution in [3.63, 3.8) is 0 Å². The molecule has 6 heteroatoms. The Morgan fingerprint density at radius 1 is 1.38 bits per heavy atom. The normalized spacial score (nSPS) is 13.0. The molecule has 0 aliphatic heterocycles. The van der Waals surface area contributed by atoms with Gasteiger partial charge in [-0.1, -0.05) is 6.92 Å². The highest BCUT2D eigenvalue weighted by Gasteiger charge is 2.18. The maximum atomic E-state index is 4.67. The van der Waals surface area contributed by atoms with Crippen LogP contribution in [0.4, 0.5) is 0 Å². The lowest BCUT2D eigenvalue weighted by Crippen LogP contribution is -2.24. The fraction of sp³-hybridized carbons (Fsp3) is 0.533. The average Bonchev–Trinajstić information content (AvgIpc) is 3.01. The lowest BCUT2D eigenvalue weighted by atomic mass is 10.1. The molecule has 1 atom stereocenters. The first kappa shape index (κ1) is 17.2. The molecule has 0 spiro atoms. The molecule has 0 aliphatic rings. The van der Waals surface area contributed by atoms with E-state index in [0.29, 0.717) is 6.04 Å². The molecule has 2 rings (SSSR count). The molecule has 21 heavy (non-hydrogen) atoms. The Morgan fingerprint density at radius 2 is 2.14 bits per heavy atom. The van der Waals surface area contributed by atoms with Gasteiger partial charge >= 0.3 is 0 Å². The summed E-state index contributed by atoms with van der Waals surface area (Å²) in [5, 5.41) is 8.31. The molecule has 1 unspecified atom stereocenters. The van der Waals surface area contributed by atoms with Gasteiger partial charge in [-0.3, -0.25) is 4.68 Å². The number of nitrogens with one attached hydrogen (secondary N) is 1. The van der Waals surface area contributed by atoms with E-state index >= 15 is 0 Å². The van der Waals surface area contributed by atoms with Crippen LogP contribution in [0.25, 0.3) is 0 Å². The fourth-order valence-electron chi connectivity index (χ4n) is 2.18. The van der Waals surface area contributed by atoms with Crippen molar-refractivity contribution in [1.82, 2.24) is 15.1 Å². The zero-order valence-electron chi connectivity index (χ0n) is 12.6. The molecule has 0 fully saturated rings. The molecular formula is C15H21Br2N3S. The van der Waals surface area contributed by atoms with E-state index in [0.717, 1.165) is 28.9 Å². The van der Waals surface area contributed by atoms with Crippen molar-refractivity contribution >= 4 is 43.2 Å². The van der Waals surface area contributed by atoms with Crippen LogP contribution in [-0.4, -0.2) is 16.3 Å². The van der Waals surface area contributed by atoms with Gasteiger partial charge in [-0.2, -0.15) is 5.10 Å². The number of aromatic nitrogens is 2. The lowest BCUT2D eigenvalue weighted by molar-refractivity contribution is 0.499. The lowest BCUT2D eigenvalue weighted by Gasteiger charge is -2.17. The van der Waals surface area contributed by atoms with Crippen LogP contribution in [0.2, 0.25) is 0 Å². The highest BCUT2D eigenvalue weighted by atomic mass is 79.9. The number of hydrogen-bond donors (Lipinski definition) is 1. The van der Waals surface area contributed by atoms with Crippen molar-refractivity contribution in [1.29, 1.82) is 0 Å². The zero-order valence-corrected chi connectivity index (χ0v) is 16.6. The largest absolute Gasteiger partial charge is 0.310 e. The van der Waals surface area contributed by atoms with E-state index in [4.69, 9.17) is 0 Å². The van der Waals surface area contributed by atoms with Crippen LogP contribution < -0.4 is 5.32 Å². The summed E-state index contributed by atoms with van der Waals surface area (Å²) in [7, 11) is 0. The number of hydrogen-bond acceptors (Lipinski definition) is 3. The van der Waals surface area contributed by atoms with Crippen LogP contribution >= 0.6 is 43.2 Å². The smallest absolute Gasteiger partial charge is 0.0758 e. The summed E-state index contributed by atoms with van der Waals surface area (Å²) in [5.41, 5.74) is 2.44. The second-order valence-corrected chi connectivity index (χ2v) is 9.12. The van der Waals surface area contributed by atoms with Gasteiger partial charge in [0, 0.05) is 24.7 Å². The van der Waals surface area contributed by atoms with Gasteiger partial charge in [0.15, 0.2) is 0 Å². The van der Waals surface area contributed by atoms with Gasteiger partial charge in [0.25, 0.3) is 0 Å². The Labute approximate surface area is 147 Å². The van der Waals surface area contributed by atoms with Gasteiger partial charge in [0.05, 0.1) is 13.3 Å². The van der Waals surface area contributed by atoms with Crippen molar-refractivity contribution in [2.75, 3.05) is 6.54 Å². The number of halogens is 2. The molecule has 1 N–H and O–H groups in total. The van der Waals surface area contributed by atoms with Crippen LogP contribution in [0.1, 0.15) is 50.5 Å². The summed E-state index contributed by atoms with van der Waals surface area (Å²) in [6.45, 7) is 7.50. The summed E-state index contributed by atoms with van der Waals surface area (Å²) >= 11 is 8.96. The summed E-state index contributed by atoms with van der Waals surface area (Å²) < 4.78 is 4.36. The zero-order chi connectivity index (χ0) is 15.4. The van der Waals surface area contributed by atoms with Gasteiger partial charge in [0.1, 0.15) is 0 Å². The Hall–Kier alpha value is -0.170. The summed E-state index contributed by atoms with van der Waals surface area (Å²) in [5.74, 6) is 0. The summed E-state index contributed by atoms with van der Waals surface area (Å²) in [4.78, 5) is 0. The molecule has 0 aromatic carbocycles. The van der Waals surface area contributed by atoms with Crippen LogP contribution in [0.15, 0.2) is 25.9 Å². The molecule has 0 aliphatic carbocycles. The molecule has 3 nitrogen and oxygen atoms in total. The molecular weight excluding hydrogens is 414 g/mol. The summed E-state index contributed by atoms with van der Waals surface area (Å²) in [6, 6.07) is 5.01. The summed E-state index contributed by atoms with van der Waals surface area (Å²) in [6.07, 6.45) is 4.09. The first-order chi connectivity index (χ1) is 10.0. The van der Waals surface area contributed by atoms with Crippen molar-refractivity contribution in [3.8, 4) is 0 Å². The van der Waals surface area contributed by atoms with Gasteiger partial charge in [0.2, 0.25) is 0 Å². The maximum absolute atomic E-state index is 4.67. The quantitative estimate of drug-likeness (QED) is 0.637. The second-order valence-electron chi connectivity index (χ2n) is 5.37. The SMILES string of the molecule is CCCNC(Cc1ccn(C(C)C)n1)c1cc(Br)sc1Br. The van der Waals surface area contributed by atoms with E-state index in [9.17, 15) is 0 Å². The van der Waals surface area contributed by atoms with Crippen molar-refractivity contribution in [2.24, 2.45) is 0 Å². The molecule has 2 heterocycles. The van der Waals surface area contributed by atoms with E-state index in [1.807, 2.05) is 4.68 Å². The van der Waals surface area contributed by atoms with Crippen LogP contribution in [-0.2, 0) is 6.42 Å². The van der Waals surface area contributed by atoms with Gasteiger partial charge in [-0.05, 0) is 76.4 Å². The Kier molecular flexibility index (Phi) is 6.47. The standard InChI is InChI=1S/C15H21Br2N3S/c1-4-6-18-13(12-9-14(16)21-15(12)17)8-11-5-7-20(19-11)10(2)3/h5,7,9-10,13,18H,4,6,8H2,1-3H3. The third kappa shape index (κ3) is 4.65. The Bertz CT molecular complexity index is 577. The van der Waals surface area contributed by atoms with E-state index in [2.05, 4.69) is 81.4 Å². The molecule has 2 aromatic heterocycles. The van der Waals surface area contributed by atoms with Crippen LogP contribution in [0.5, 0.6) is 0 Å². The molecule has 0 saturated carbocycles.